The Morgan fingerprint density at radius 1 is 0.960 bits per heavy atom. The first kappa shape index (κ1) is 19.6. The highest BCUT2D eigenvalue weighted by Crippen LogP contribution is 2.20. The molecule has 0 bridgehead atoms. The van der Waals surface area contributed by atoms with Gasteiger partial charge in [-0.25, -0.2) is 0 Å². The van der Waals surface area contributed by atoms with Gasteiger partial charge >= 0.3 is 0 Å². The highest BCUT2D eigenvalue weighted by molar-refractivity contribution is 9.10. The fourth-order valence-corrected chi connectivity index (χ4v) is 3.16. The lowest BCUT2D eigenvalue weighted by molar-refractivity contribution is 0.0711. The lowest BCUT2D eigenvalue weighted by atomic mass is 9.96. The van der Waals surface area contributed by atoms with Crippen LogP contribution in [0, 0.1) is 0 Å². The van der Waals surface area contributed by atoms with Crippen LogP contribution in [0.5, 0.6) is 0 Å². The second-order valence-corrected chi connectivity index (χ2v) is 6.93. The summed E-state index contributed by atoms with van der Waals surface area (Å²) in [4.78, 5) is 27.4. The fourth-order valence-electron chi connectivity index (χ4n) is 2.90. The van der Waals surface area contributed by atoms with Crippen LogP contribution in [0.3, 0.4) is 0 Å². The Bertz CT molecular complexity index is 756. The van der Waals surface area contributed by atoms with Crippen LogP contribution in [0.2, 0.25) is 0 Å². The van der Waals surface area contributed by atoms with Crippen LogP contribution >= 0.6 is 28.3 Å². The van der Waals surface area contributed by atoms with E-state index in [9.17, 15) is 9.59 Å². The van der Waals surface area contributed by atoms with Gasteiger partial charge in [-0.1, -0.05) is 34.1 Å². The van der Waals surface area contributed by atoms with Crippen molar-refractivity contribution in [3.05, 3.63) is 69.7 Å². The molecule has 0 aliphatic carbocycles. The zero-order valence-electron chi connectivity index (χ0n) is 13.7. The standard InChI is InChI=1S/C19H19BrN2O2.ClH/c20-14-7-5-13(6-8-14)18(23)16-3-1-2-4-17(16)19(24)22-11-9-15(21)10-12-22;/h1-8,15H,9-12,21H2;1H. The van der Waals surface area contributed by atoms with Gasteiger partial charge in [0.05, 0.1) is 5.56 Å². The Morgan fingerprint density at radius 2 is 1.52 bits per heavy atom. The summed E-state index contributed by atoms with van der Waals surface area (Å²) in [6.07, 6.45) is 1.60. The lowest BCUT2D eigenvalue weighted by Gasteiger charge is -2.30. The summed E-state index contributed by atoms with van der Waals surface area (Å²) in [6.45, 7) is 1.28. The number of carbonyl (C=O) groups is 2. The summed E-state index contributed by atoms with van der Waals surface area (Å²) in [7, 11) is 0. The topological polar surface area (TPSA) is 63.4 Å². The van der Waals surface area contributed by atoms with Gasteiger partial charge in [0.2, 0.25) is 0 Å². The second kappa shape index (κ2) is 8.61. The third kappa shape index (κ3) is 4.48. The molecule has 132 valence electrons. The monoisotopic (exact) mass is 422 g/mol. The normalized spacial score (nSPS) is 14.7. The van der Waals surface area contributed by atoms with Gasteiger partial charge in [-0.05, 0) is 43.2 Å². The first-order chi connectivity index (χ1) is 11.6. The predicted molar refractivity (Wildman–Crippen MR) is 104 cm³/mol. The molecule has 0 saturated carbocycles. The minimum Gasteiger partial charge on any atom is -0.339 e. The summed E-state index contributed by atoms with van der Waals surface area (Å²) in [5.74, 6) is -0.233. The zero-order chi connectivity index (χ0) is 17.1. The molecule has 2 aromatic rings. The summed E-state index contributed by atoms with van der Waals surface area (Å²) >= 11 is 3.36. The molecule has 1 aliphatic heterocycles. The lowest BCUT2D eigenvalue weighted by Crippen LogP contribution is -2.43. The largest absolute Gasteiger partial charge is 0.339 e. The smallest absolute Gasteiger partial charge is 0.254 e. The average Bonchev–Trinajstić information content (AvgIpc) is 2.62. The third-order valence-corrected chi connectivity index (χ3v) is 4.86. The molecule has 0 aromatic heterocycles. The van der Waals surface area contributed by atoms with Crippen molar-refractivity contribution >= 4 is 40.0 Å². The number of hydrogen-bond acceptors (Lipinski definition) is 3. The van der Waals surface area contributed by atoms with Crippen LogP contribution in [-0.4, -0.2) is 35.7 Å². The maximum Gasteiger partial charge on any atom is 0.254 e. The van der Waals surface area contributed by atoms with E-state index in [0.717, 1.165) is 17.3 Å². The Labute approximate surface area is 161 Å². The second-order valence-electron chi connectivity index (χ2n) is 6.01. The third-order valence-electron chi connectivity index (χ3n) is 4.34. The van der Waals surface area contributed by atoms with Gasteiger partial charge in [0, 0.05) is 34.7 Å². The van der Waals surface area contributed by atoms with E-state index < -0.39 is 0 Å². The molecule has 1 heterocycles. The van der Waals surface area contributed by atoms with E-state index in [4.69, 9.17) is 5.73 Å². The number of benzene rings is 2. The average molecular weight is 424 g/mol. The van der Waals surface area contributed by atoms with Gasteiger partial charge in [0.1, 0.15) is 0 Å². The first-order valence-corrected chi connectivity index (χ1v) is 8.79. The molecule has 0 spiro atoms. The van der Waals surface area contributed by atoms with Gasteiger partial charge in [-0.3, -0.25) is 9.59 Å². The number of rotatable bonds is 3. The maximum absolute atomic E-state index is 12.8. The molecule has 3 rings (SSSR count). The number of piperidine rings is 1. The number of halogens is 2. The van der Waals surface area contributed by atoms with Crippen LogP contribution in [0.4, 0.5) is 0 Å². The SMILES string of the molecule is Cl.NC1CCN(C(=O)c2ccccc2C(=O)c2ccc(Br)cc2)CC1. The molecule has 1 saturated heterocycles. The molecular weight excluding hydrogens is 404 g/mol. The minimum atomic E-state index is -0.139. The highest BCUT2D eigenvalue weighted by atomic mass is 79.9. The van der Waals surface area contributed by atoms with Crippen molar-refractivity contribution < 1.29 is 9.59 Å². The van der Waals surface area contributed by atoms with E-state index in [1.807, 2.05) is 12.1 Å². The zero-order valence-corrected chi connectivity index (χ0v) is 16.1. The Hall–Kier alpha value is -1.69. The van der Waals surface area contributed by atoms with Gasteiger partial charge in [0.15, 0.2) is 5.78 Å². The molecule has 1 aliphatic rings. The van der Waals surface area contributed by atoms with E-state index in [-0.39, 0.29) is 30.1 Å². The summed E-state index contributed by atoms with van der Waals surface area (Å²) < 4.78 is 0.910. The Kier molecular flexibility index (Phi) is 6.76. The van der Waals surface area contributed by atoms with Crippen molar-refractivity contribution in [1.29, 1.82) is 0 Å². The highest BCUT2D eigenvalue weighted by Gasteiger charge is 2.25. The van der Waals surface area contributed by atoms with E-state index in [1.54, 1.807) is 41.3 Å². The molecule has 25 heavy (non-hydrogen) atoms. The van der Waals surface area contributed by atoms with E-state index >= 15 is 0 Å². The summed E-state index contributed by atoms with van der Waals surface area (Å²) in [6, 6.07) is 14.3. The van der Waals surface area contributed by atoms with E-state index in [1.165, 1.54) is 0 Å². The molecule has 1 fully saturated rings. The number of ketones is 1. The fraction of sp³-hybridized carbons (Fsp3) is 0.263. The number of likely N-dealkylation sites (tertiary alicyclic amines) is 1. The van der Waals surface area contributed by atoms with E-state index in [2.05, 4.69) is 15.9 Å². The number of hydrogen-bond donors (Lipinski definition) is 1. The van der Waals surface area contributed by atoms with Crippen molar-refractivity contribution in [2.75, 3.05) is 13.1 Å². The van der Waals surface area contributed by atoms with Gasteiger partial charge in [-0.15, -0.1) is 12.4 Å². The minimum absolute atomic E-state index is 0. The van der Waals surface area contributed by atoms with Gasteiger partial charge in [0.25, 0.3) is 5.91 Å². The van der Waals surface area contributed by atoms with Crippen molar-refractivity contribution in [3.8, 4) is 0 Å². The van der Waals surface area contributed by atoms with Crippen LogP contribution in [0.1, 0.15) is 39.1 Å². The number of carbonyl (C=O) groups excluding carboxylic acids is 2. The molecule has 6 heteroatoms. The Morgan fingerprint density at radius 3 is 2.12 bits per heavy atom. The van der Waals surface area contributed by atoms with Crippen LogP contribution in [0.25, 0.3) is 0 Å². The maximum atomic E-state index is 12.8. The van der Waals surface area contributed by atoms with Gasteiger partial charge < -0.3 is 10.6 Å². The molecule has 0 radical (unpaired) electrons. The van der Waals surface area contributed by atoms with Crippen molar-refractivity contribution in [2.45, 2.75) is 18.9 Å². The molecule has 1 amide bonds. The van der Waals surface area contributed by atoms with Crippen LogP contribution in [0.15, 0.2) is 53.0 Å². The number of nitrogens with two attached hydrogens (primary N) is 1. The van der Waals surface area contributed by atoms with Crippen molar-refractivity contribution in [3.63, 3.8) is 0 Å². The molecule has 4 nitrogen and oxygen atoms in total. The number of amides is 1. The molecule has 0 atom stereocenters. The summed E-state index contributed by atoms with van der Waals surface area (Å²) in [5.41, 5.74) is 7.38. The summed E-state index contributed by atoms with van der Waals surface area (Å²) in [5, 5.41) is 0. The van der Waals surface area contributed by atoms with Crippen molar-refractivity contribution in [2.24, 2.45) is 5.73 Å². The van der Waals surface area contributed by atoms with Gasteiger partial charge in [-0.2, -0.15) is 0 Å². The predicted octanol–water partition coefficient (Wildman–Crippen LogP) is 3.67. The van der Waals surface area contributed by atoms with E-state index in [0.29, 0.717) is 29.8 Å². The molecule has 0 unspecified atom stereocenters. The Balaban J connectivity index is 0.00000225. The number of nitrogens with zero attached hydrogens (tertiary/aromatic N) is 1. The first-order valence-electron chi connectivity index (χ1n) is 8.00. The molecule has 2 N–H and O–H groups in total. The molecule has 2 aromatic carbocycles. The quantitative estimate of drug-likeness (QED) is 0.766. The van der Waals surface area contributed by atoms with Crippen molar-refractivity contribution in [1.82, 2.24) is 4.90 Å². The molecular formula is C19H20BrClN2O2. The van der Waals surface area contributed by atoms with Crippen LogP contribution in [-0.2, 0) is 0 Å². The van der Waals surface area contributed by atoms with Crippen LogP contribution < -0.4 is 5.73 Å².